The van der Waals surface area contributed by atoms with Crippen molar-refractivity contribution in [3.05, 3.63) is 134 Å². The topological polar surface area (TPSA) is 134 Å². The normalized spacial score (nSPS) is 13.5. The molecule has 0 bridgehead atoms. The van der Waals surface area contributed by atoms with Crippen molar-refractivity contribution in [2.75, 3.05) is 26.4 Å². The quantitative estimate of drug-likeness (QED) is 0.0264. The first kappa shape index (κ1) is 96.2. The number of hydrogen-bond donors (Lipinski definition) is 2. The number of carbonyl (C=O) groups excluding carboxylic acids is 2. The smallest absolute Gasteiger partial charge is 0.462 e. The molecule has 0 heterocycles. The van der Waals surface area contributed by atoms with Crippen molar-refractivity contribution < 1.29 is 37.6 Å². The summed E-state index contributed by atoms with van der Waals surface area (Å²) in [6.07, 6.45) is 120. The summed E-state index contributed by atoms with van der Waals surface area (Å²) >= 11 is 0. The number of rotatable bonds is 79. The molecule has 0 radical (unpaired) electrons. The molecule has 0 saturated heterocycles. The standard InChI is InChI=1S/C90H158NO8P/c1-3-5-7-9-11-13-15-17-19-21-23-25-27-29-31-33-35-37-39-41-43-44-45-47-49-51-53-55-57-59-61-63-65-67-69-71-73-75-77-79-81-83-90(93)99-88(87-98-100(94,95)97-85-84-91)86-96-89(92)82-80-78-76-74-72-70-68-66-64-62-60-58-56-54-52-50-48-46-42-40-38-36-34-32-30-28-26-24-22-20-18-16-14-12-10-8-6-4-2/h5,7,11,13,17,19,23,25,29,31,35,37,41,43,45,47,51,53,57,59,63,65,88H,3-4,6,8-10,12,14-16,18,20-22,24,26-28,30,32-34,36,38-40,42,44,46,48-50,52,54-56,58,60-62,64,66-87,91H2,1-2H3,(H,94,95)/b7-5-,13-11-,19-17-,25-23-,31-29-,37-35-,43-41-,47-45-,53-51-,59-57-,65-63-. The second-order valence-corrected chi connectivity index (χ2v) is 29.4. The van der Waals surface area contributed by atoms with Crippen LogP contribution in [0.25, 0.3) is 0 Å². The molecule has 0 aliphatic carbocycles. The maximum absolute atomic E-state index is 12.8. The van der Waals surface area contributed by atoms with Crippen molar-refractivity contribution in [1.82, 2.24) is 0 Å². The van der Waals surface area contributed by atoms with Gasteiger partial charge in [-0.25, -0.2) is 4.57 Å². The average molecular weight is 1410 g/mol. The van der Waals surface area contributed by atoms with Gasteiger partial charge in [-0.05, 0) is 96.3 Å². The van der Waals surface area contributed by atoms with Crippen LogP contribution in [0.3, 0.4) is 0 Å². The Labute approximate surface area is 618 Å². The highest BCUT2D eigenvalue weighted by atomic mass is 31.2. The molecule has 0 aromatic carbocycles. The Hall–Kier alpha value is -3.85. The van der Waals surface area contributed by atoms with E-state index >= 15 is 0 Å². The van der Waals surface area contributed by atoms with Crippen molar-refractivity contribution in [2.45, 2.75) is 399 Å². The van der Waals surface area contributed by atoms with E-state index in [4.69, 9.17) is 24.3 Å². The van der Waals surface area contributed by atoms with E-state index in [1.165, 1.54) is 244 Å². The van der Waals surface area contributed by atoms with Crippen molar-refractivity contribution in [1.29, 1.82) is 0 Å². The predicted octanol–water partition coefficient (Wildman–Crippen LogP) is 28.7. The zero-order valence-electron chi connectivity index (χ0n) is 65.2. The third-order valence-corrected chi connectivity index (χ3v) is 19.3. The Morgan fingerprint density at radius 3 is 0.820 bits per heavy atom. The fourth-order valence-corrected chi connectivity index (χ4v) is 12.9. The van der Waals surface area contributed by atoms with Gasteiger partial charge in [0.25, 0.3) is 0 Å². The molecular weight excluding hydrogens is 1250 g/mol. The molecule has 0 fully saturated rings. The van der Waals surface area contributed by atoms with E-state index in [1.54, 1.807) is 0 Å². The molecule has 0 aliphatic heterocycles. The van der Waals surface area contributed by atoms with E-state index in [1.807, 2.05) is 0 Å². The van der Waals surface area contributed by atoms with Gasteiger partial charge in [0, 0.05) is 19.4 Å². The van der Waals surface area contributed by atoms with E-state index in [0.29, 0.717) is 6.42 Å². The van der Waals surface area contributed by atoms with E-state index in [-0.39, 0.29) is 38.6 Å². The molecule has 0 saturated carbocycles. The molecule has 3 N–H and O–H groups in total. The number of nitrogens with two attached hydrogens (primary N) is 1. The van der Waals surface area contributed by atoms with Crippen LogP contribution in [0.15, 0.2) is 134 Å². The van der Waals surface area contributed by atoms with Crippen LogP contribution in [-0.2, 0) is 32.7 Å². The minimum absolute atomic E-state index is 0.0471. The number of hydrogen-bond acceptors (Lipinski definition) is 8. The van der Waals surface area contributed by atoms with Gasteiger partial charge in [-0.3, -0.25) is 18.6 Å². The molecule has 0 aliphatic rings. The molecule has 10 heteroatoms. The molecule has 2 unspecified atom stereocenters. The van der Waals surface area contributed by atoms with Crippen molar-refractivity contribution in [3.63, 3.8) is 0 Å². The van der Waals surface area contributed by atoms with Crippen LogP contribution in [0.5, 0.6) is 0 Å². The largest absolute Gasteiger partial charge is 0.472 e. The maximum atomic E-state index is 12.8. The Morgan fingerprint density at radius 2 is 0.550 bits per heavy atom. The molecule has 576 valence electrons. The number of phosphoric acid groups is 1. The minimum Gasteiger partial charge on any atom is -0.462 e. The van der Waals surface area contributed by atoms with E-state index in [9.17, 15) is 19.0 Å². The number of allylic oxidation sites excluding steroid dienone is 22. The van der Waals surface area contributed by atoms with Crippen LogP contribution in [0.2, 0.25) is 0 Å². The van der Waals surface area contributed by atoms with Gasteiger partial charge < -0.3 is 20.1 Å². The third kappa shape index (κ3) is 83.1. The Bertz CT molecular complexity index is 2110. The van der Waals surface area contributed by atoms with Crippen LogP contribution in [0.1, 0.15) is 393 Å². The van der Waals surface area contributed by atoms with Crippen molar-refractivity contribution in [2.24, 2.45) is 5.73 Å². The SMILES string of the molecule is CC/C=C\C/C=C\C/C=C\C/C=C\C/C=C\C/C=C\C/C=C\C/C=C\C/C=C\C/C=C\C/C=C\CCCCCCCCCC(=O)OC(COC(=O)CCCCCCCCCCCCCCCCCCCCCCCCCCCCCCCCCCCCCCCC)COP(=O)(O)OCCN. The number of phosphoric ester groups is 1. The summed E-state index contributed by atoms with van der Waals surface area (Å²) in [4.78, 5) is 35.5. The maximum Gasteiger partial charge on any atom is 0.472 e. The number of ether oxygens (including phenoxy) is 2. The Balaban J connectivity index is 3.85. The molecule has 2 atom stereocenters. The van der Waals surface area contributed by atoms with Gasteiger partial charge in [0.05, 0.1) is 13.2 Å². The Morgan fingerprint density at radius 1 is 0.310 bits per heavy atom. The molecule has 0 spiro atoms. The lowest BCUT2D eigenvalue weighted by Gasteiger charge is -2.19. The molecule has 0 aromatic heterocycles. The second-order valence-electron chi connectivity index (χ2n) is 28.0. The van der Waals surface area contributed by atoms with Gasteiger partial charge >= 0.3 is 19.8 Å². The van der Waals surface area contributed by atoms with Gasteiger partial charge in [0.15, 0.2) is 6.10 Å². The van der Waals surface area contributed by atoms with E-state index in [2.05, 4.69) is 148 Å². The monoisotopic (exact) mass is 1410 g/mol. The van der Waals surface area contributed by atoms with Crippen LogP contribution >= 0.6 is 7.82 Å². The van der Waals surface area contributed by atoms with E-state index < -0.39 is 26.5 Å². The summed E-state index contributed by atoms with van der Waals surface area (Å²) in [5.74, 6) is -0.832. The molecule has 9 nitrogen and oxygen atoms in total. The molecule has 0 rings (SSSR count). The summed E-state index contributed by atoms with van der Waals surface area (Å²) < 4.78 is 33.3. The fourth-order valence-electron chi connectivity index (χ4n) is 12.1. The molecule has 0 amide bonds. The fraction of sp³-hybridized carbons (Fsp3) is 0.733. The van der Waals surface area contributed by atoms with E-state index in [0.717, 1.165) is 116 Å². The first-order chi connectivity index (χ1) is 49.3. The van der Waals surface area contributed by atoms with Crippen LogP contribution in [-0.4, -0.2) is 49.3 Å². The van der Waals surface area contributed by atoms with Gasteiger partial charge in [-0.15, -0.1) is 0 Å². The highest BCUT2D eigenvalue weighted by Crippen LogP contribution is 2.43. The second kappa shape index (κ2) is 84.1. The molecule has 100 heavy (non-hydrogen) atoms. The summed E-state index contributed by atoms with van der Waals surface area (Å²) in [5.41, 5.74) is 5.42. The summed E-state index contributed by atoms with van der Waals surface area (Å²) in [5, 5.41) is 0. The minimum atomic E-state index is -4.41. The third-order valence-electron chi connectivity index (χ3n) is 18.3. The summed E-state index contributed by atoms with van der Waals surface area (Å²) in [7, 11) is -4.41. The van der Waals surface area contributed by atoms with Crippen LogP contribution < -0.4 is 5.73 Å². The van der Waals surface area contributed by atoms with Crippen molar-refractivity contribution >= 4 is 19.8 Å². The lowest BCUT2D eigenvalue weighted by molar-refractivity contribution is -0.161. The van der Waals surface area contributed by atoms with Gasteiger partial charge in [-0.2, -0.15) is 0 Å². The van der Waals surface area contributed by atoms with Crippen LogP contribution in [0.4, 0.5) is 0 Å². The number of unbranched alkanes of at least 4 members (excludes halogenated alkanes) is 44. The predicted molar refractivity (Wildman–Crippen MR) is 436 cm³/mol. The Kier molecular flexibility index (Phi) is 80.9. The summed E-state index contributed by atoms with van der Waals surface area (Å²) in [6.45, 7) is 3.66. The molecule has 0 aromatic rings. The zero-order chi connectivity index (χ0) is 72.2. The van der Waals surface area contributed by atoms with Crippen molar-refractivity contribution in [3.8, 4) is 0 Å². The number of esters is 2. The highest BCUT2D eigenvalue weighted by molar-refractivity contribution is 7.47. The van der Waals surface area contributed by atoms with Gasteiger partial charge in [0.2, 0.25) is 0 Å². The van der Waals surface area contributed by atoms with Gasteiger partial charge in [-0.1, -0.05) is 417 Å². The highest BCUT2D eigenvalue weighted by Gasteiger charge is 2.26. The van der Waals surface area contributed by atoms with Crippen LogP contribution in [0, 0.1) is 0 Å². The first-order valence-corrected chi connectivity index (χ1v) is 43.7. The number of carbonyl (C=O) groups is 2. The zero-order valence-corrected chi connectivity index (χ0v) is 66.1. The lowest BCUT2D eigenvalue weighted by Crippen LogP contribution is -2.29. The first-order valence-electron chi connectivity index (χ1n) is 42.2. The lowest BCUT2D eigenvalue weighted by atomic mass is 10.0. The molecular formula is C90H158NO8P. The summed E-state index contributed by atoms with van der Waals surface area (Å²) in [6, 6.07) is 0. The average Bonchev–Trinajstić information content (AvgIpc) is 0.983. The van der Waals surface area contributed by atoms with Gasteiger partial charge in [0.1, 0.15) is 6.61 Å².